The third-order valence-corrected chi connectivity index (χ3v) is 2.35. The van der Waals surface area contributed by atoms with Crippen LogP contribution in [0.5, 0.6) is 0 Å². The van der Waals surface area contributed by atoms with Gasteiger partial charge < -0.3 is 11.5 Å². The topological polar surface area (TPSA) is 66.2 Å². The molecule has 0 aromatic carbocycles. The van der Waals surface area contributed by atoms with Crippen molar-refractivity contribution >= 4 is 43.5 Å². The van der Waals surface area contributed by atoms with Crippen LogP contribution in [0.3, 0.4) is 0 Å². The van der Waals surface area contributed by atoms with E-state index in [9.17, 15) is 0 Å². The highest BCUT2D eigenvalue weighted by molar-refractivity contribution is 9.11. The predicted octanol–water partition coefficient (Wildman–Crippen LogP) is 1.19. The molecule has 54 valence electrons. The lowest BCUT2D eigenvalue weighted by Crippen LogP contribution is -2.16. The van der Waals surface area contributed by atoms with E-state index in [1.54, 1.807) is 6.07 Å². The first kappa shape index (κ1) is 7.81. The number of aromatic nitrogens is 1. The van der Waals surface area contributed by atoms with E-state index < -0.39 is 0 Å². The standard InChI is InChI=1S/C5H5Br2N3/c6-2-1-3(7)5(9)10-4(2)8/h1H,(H4,8,9,10)/p+1. The Morgan fingerprint density at radius 1 is 1.10 bits per heavy atom. The van der Waals surface area contributed by atoms with E-state index in [1.165, 1.54) is 0 Å². The largest absolute Gasteiger partial charge is 0.318 e. The molecule has 0 atom stereocenters. The zero-order chi connectivity index (χ0) is 7.72. The number of aromatic amines is 1. The fourth-order valence-corrected chi connectivity index (χ4v) is 1.49. The molecular formula is C5H6Br2N3+. The summed E-state index contributed by atoms with van der Waals surface area (Å²) in [5, 5.41) is 0. The second kappa shape index (κ2) is 2.75. The molecule has 0 amide bonds. The molecule has 0 bridgehead atoms. The van der Waals surface area contributed by atoms with E-state index in [0.29, 0.717) is 11.6 Å². The minimum atomic E-state index is 0.528. The normalized spacial score (nSPS) is 9.80. The molecule has 3 nitrogen and oxygen atoms in total. The Hall–Kier alpha value is -0.290. The third-order valence-electron chi connectivity index (χ3n) is 1.04. The van der Waals surface area contributed by atoms with Gasteiger partial charge in [0.25, 0.3) is 0 Å². The van der Waals surface area contributed by atoms with Crippen molar-refractivity contribution in [2.45, 2.75) is 0 Å². The highest BCUT2D eigenvalue weighted by atomic mass is 79.9. The van der Waals surface area contributed by atoms with Gasteiger partial charge in [0, 0.05) is 0 Å². The summed E-state index contributed by atoms with van der Waals surface area (Å²) in [5.41, 5.74) is 11.0. The monoisotopic (exact) mass is 266 g/mol. The summed E-state index contributed by atoms with van der Waals surface area (Å²) in [4.78, 5) is 2.77. The molecule has 0 aliphatic rings. The van der Waals surface area contributed by atoms with Gasteiger partial charge >= 0.3 is 0 Å². The molecule has 0 unspecified atom stereocenters. The van der Waals surface area contributed by atoms with E-state index in [1.807, 2.05) is 0 Å². The summed E-state index contributed by atoms with van der Waals surface area (Å²) in [6, 6.07) is 1.79. The Kier molecular flexibility index (Phi) is 2.15. The Morgan fingerprint density at radius 2 is 1.50 bits per heavy atom. The maximum atomic E-state index is 5.49. The molecule has 5 heteroatoms. The molecule has 1 heterocycles. The lowest BCUT2D eigenvalue weighted by Gasteiger charge is -1.96. The van der Waals surface area contributed by atoms with Crippen LogP contribution in [0.1, 0.15) is 0 Å². The predicted molar refractivity (Wildman–Crippen MR) is 47.2 cm³/mol. The highest BCUT2D eigenvalue weighted by Gasteiger charge is 2.05. The van der Waals surface area contributed by atoms with Gasteiger partial charge in [0.2, 0.25) is 11.6 Å². The van der Waals surface area contributed by atoms with Gasteiger partial charge in [0.15, 0.2) is 0 Å². The van der Waals surface area contributed by atoms with E-state index in [2.05, 4.69) is 36.8 Å². The molecule has 0 aliphatic heterocycles. The average molecular weight is 268 g/mol. The van der Waals surface area contributed by atoms with Crippen molar-refractivity contribution in [1.29, 1.82) is 0 Å². The molecule has 0 saturated heterocycles. The van der Waals surface area contributed by atoms with E-state index in [0.717, 1.165) is 8.95 Å². The summed E-state index contributed by atoms with van der Waals surface area (Å²) in [6.07, 6.45) is 0. The number of H-pyrrole nitrogens is 1. The number of pyridine rings is 1. The number of anilines is 2. The smallest absolute Gasteiger partial charge is 0.231 e. The molecule has 0 aliphatic carbocycles. The van der Waals surface area contributed by atoms with Gasteiger partial charge in [-0.3, -0.25) is 0 Å². The van der Waals surface area contributed by atoms with E-state index in [-0.39, 0.29) is 0 Å². The van der Waals surface area contributed by atoms with Gasteiger partial charge in [0.05, 0.1) is 8.95 Å². The van der Waals surface area contributed by atoms with Crippen molar-refractivity contribution in [2.75, 3.05) is 11.5 Å². The molecule has 10 heavy (non-hydrogen) atoms. The fraction of sp³-hybridized carbons (Fsp3) is 0. The van der Waals surface area contributed by atoms with Crippen molar-refractivity contribution in [3.63, 3.8) is 0 Å². The maximum Gasteiger partial charge on any atom is 0.231 e. The van der Waals surface area contributed by atoms with Crippen molar-refractivity contribution in [2.24, 2.45) is 0 Å². The molecule has 0 radical (unpaired) electrons. The van der Waals surface area contributed by atoms with Gasteiger partial charge in [-0.15, -0.1) is 0 Å². The van der Waals surface area contributed by atoms with Crippen LogP contribution in [-0.2, 0) is 0 Å². The zero-order valence-corrected chi connectivity index (χ0v) is 8.16. The minimum Gasteiger partial charge on any atom is -0.318 e. The molecule has 1 aromatic heterocycles. The molecule has 0 spiro atoms. The number of rotatable bonds is 0. The maximum absolute atomic E-state index is 5.49. The Balaban J connectivity index is 3.28. The van der Waals surface area contributed by atoms with Crippen molar-refractivity contribution < 1.29 is 4.98 Å². The summed E-state index contributed by atoms with van der Waals surface area (Å²) < 4.78 is 1.60. The quantitative estimate of drug-likeness (QED) is 0.742. The van der Waals surface area contributed by atoms with E-state index >= 15 is 0 Å². The van der Waals surface area contributed by atoms with Crippen LogP contribution >= 0.6 is 31.9 Å². The van der Waals surface area contributed by atoms with Gasteiger partial charge in [-0.2, -0.15) is 0 Å². The first-order chi connectivity index (χ1) is 4.61. The number of hydrogen-bond acceptors (Lipinski definition) is 2. The second-order valence-electron chi connectivity index (χ2n) is 1.79. The summed E-state index contributed by atoms with van der Waals surface area (Å²) in [7, 11) is 0. The van der Waals surface area contributed by atoms with Gasteiger partial charge in [-0.1, -0.05) is 0 Å². The van der Waals surface area contributed by atoms with Crippen molar-refractivity contribution in [1.82, 2.24) is 0 Å². The van der Waals surface area contributed by atoms with Crippen LogP contribution in [0.4, 0.5) is 11.6 Å². The summed E-state index contributed by atoms with van der Waals surface area (Å²) >= 11 is 6.48. The van der Waals surface area contributed by atoms with Crippen molar-refractivity contribution in [3.05, 3.63) is 15.0 Å². The molecule has 0 saturated carbocycles. The van der Waals surface area contributed by atoms with Crippen LogP contribution in [0, 0.1) is 0 Å². The number of nitrogen functional groups attached to an aromatic ring is 2. The Labute approximate surface area is 75.1 Å². The van der Waals surface area contributed by atoms with E-state index in [4.69, 9.17) is 11.5 Å². The van der Waals surface area contributed by atoms with Crippen LogP contribution in [-0.4, -0.2) is 0 Å². The number of nitrogens with two attached hydrogens (primary N) is 2. The average Bonchev–Trinajstić information content (AvgIpc) is 1.84. The fourth-order valence-electron chi connectivity index (χ4n) is 0.531. The van der Waals surface area contributed by atoms with Crippen LogP contribution < -0.4 is 16.5 Å². The van der Waals surface area contributed by atoms with Crippen LogP contribution in [0.15, 0.2) is 15.0 Å². The first-order valence-electron chi connectivity index (χ1n) is 2.53. The SMILES string of the molecule is Nc1[nH+]c(N)c(Br)cc1Br. The third kappa shape index (κ3) is 1.41. The lowest BCUT2D eigenvalue weighted by molar-refractivity contribution is -0.343. The summed E-state index contributed by atoms with van der Waals surface area (Å²) in [5.74, 6) is 1.06. The van der Waals surface area contributed by atoms with Gasteiger partial charge in [0.1, 0.15) is 0 Å². The number of nitrogens with one attached hydrogen (secondary N) is 1. The molecule has 5 N–H and O–H groups in total. The highest BCUT2D eigenvalue weighted by Crippen LogP contribution is 2.22. The zero-order valence-electron chi connectivity index (χ0n) is 4.99. The van der Waals surface area contributed by atoms with Crippen LogP contribution in [0.25, 0.3) is 0 Å². The lowest BCUT2D eigenvalue weighted by atomic mass is 10.4. The van der Waals surface area contributed by atoms with Crippen molar-refractivity contribution in [3.8, 4) is 0 Å². The minimum absolute atomic E-state index is 0.528. The number of hydrogen-bond donors (Lipinski definition) is 2. The number of halogens is 2. The molecule has 1 rings (SSSR count). The molecule has 0 fully saturated rings. The summed E-state index contributed by atoms with van der Waals surface area (Å²) in [6.45, 7) is 0. The Morgan fingerprint density at radius 3 is 1.80 bits per heavy atom. The first-order valence-corrected chi connectivity index (χ1v) is 4.12. The molecular weight excluding hydrogens is 262 g/mol. The van der Waals surface area contributed by atoms with Gasteiger partial charge in [-0.05, 0) is 37.9 Å². The van der Waals surface area contributed by atoms with Gasteiger partial charge in [-0.25, -0.2) is 4.98 Å². The van der Waals surface area contributed by atoms with Crippen LogP contribution in [0.2, 0.25) is 0 Å². The molecule has 1 aromatic rings. The second-order valence-corrected chi connectivity index (χ2v) is 3.50. The Bertz CT molecular complexity index is 211.